The third kappa shape index (κ3) is 3.14. The summed E-state index contributed by atoms with van der Waals surface area (Å²) in [6, 6.07) is 0. The van der Waals surface area contributed by atoms with E-state index in [9.17, 15) is 0 Å². The average molecular weight is 289 g/mol. The summed E-state index contributed by atoms with van der Waals surface area (Å²) in [5.74, 6) is 1.16. The average Bonchev–Trinajstić information content (AvgIpc) is 3.14. The van der Waals surface area contributed by atoms with Crippen LogP contribution in [0.25, 0.3) is 0 Å². The molecule has 1 unspecified atom stereocenters. The quantitative estimate of drug-likeness (QED) is 0.735. The first-order valence-corrected chi connectivity index (χ1v) is 7.26. The molecule has 0 aromatic carbocycles. The Labute approximate surface area is 118 Å². The molecule has 5 heteroatoms. The highest BCUT2D eigenvalue weighted by Crippen LogP contribution is 2.42. The Morgan fingerprint density at radius 1 is 1.22 bits per heavy atom. The summed E-state index contributed by atoms with van der Waals surface area (Å²) in [4.78, 5) is 8.76. The third-order valence-electron chi connectivity index (χ3n) is 3.07. The first-order valence-electron chi connectivity index (χ1n) is 6.50. The molecular formula is C13H18Cl2N2O. The summed E-state index contributed by atoms with van der Waals surface area (Å²) in [6.07, 6.45) is 4.06. The van der Waals surface area contributed by atoms with Crippen molar-refractivity contribution in [3.05, 3.63) is 21.7 Å². The Bertz CT molecular complexity index is 398. The lowest BCUT2D eigenvalue weighted by atomic mass is 10.2. The van der Waals surface area contributed by atoms with Crippen molar-refractivity contribution in [3.63, 3.8) is 0 Å². The Balaban J connectivity index is 2.27. The van der Waals surface area contributed by atoms with Gasteiger partial charge in [0.15, 0.2) is 5.82 Å². The minimum absolute atomic E-state index is 0.0549. The van der Waals surface area contributed by atoms with Crippen molar-refractivity contribution >= 4 is 23.2 Å². The van der Waals surface area contributed by atoms with Gasteiger partial charge in [-0.25, -0.2) is 9.97 Å². The molecule has 0 amide bonds. The van der Waals surface area contributed by atoms with Gasteiger partial charge >= 0.3 is 0 Å². The first kappa shape index (κ1) is 14.0. The van der Waals surface area contributed by atoms with Gasteiger partial charge in [-0.3, -0.25) is 0 Å². The molecule has 1 atom stereocenters. The summed E-state index contributed by atoms with van der Waals surface area (Å²) >= 11 is 12.4. The zero-order chi connectivity index (χ0) is 13.1. The van der Waals surface area contributed by atoms with Gasteiger partial charge in [0, 0.05) is 12.2 Å². The minimum atomic E-state index is -0.0549. The monoisotopic (exact) mass is 288 g/mol. The van der Waals surface area contributed by atoms with Crippen LogP contribution in [-0.4, -0.2) is 16.6 Å². The predicted molar refractivity (Wildman–Crippen MR) is 73.1 cm³/mol. The van der Waals surface area contributed by atoms with Gasteiger partial charge in [0.1, 0.15) is 16.4 Å². The van der Waals surface area contributed by atoms with Crippen LogP contribution in [0.2, 0.25) is 10.3 Å². The Kier molecular flexibility index (Phi) is 4.82. The van der Waals surface area contributed by atoms with Crippen LogP contribution in [0.15, 0.2) is 0 Å². The molecular weight excluding hydrogens is 271 g/mol. The number of nitrogens with zero attached hydrogens (tertiary/aromatic N) is 2. The zero-order valence-electron chi connectivity index (χ0n) is 10.7. The molecule has 2 rings (SSSR count). The molecule has 0 saturated heterocycles. The lowest BCUT2D eigenvalue weighted by Gasteiger charge is -2.16. The molecule has 1 aliphatic rings. The molecule has 3 nitrogen and oxygen atoms in total. The Hall–Kier alpha value is -0.380. The van der Waals surface area contributed by atoms with Crippen molar-refractivity contribution in [2.75, 3.05) is 6.61 Å². The largest absolute Gasteiger partial charge is 0.370 e. The van der Waals surface area contributed by atoms with E-state index in [0.717, 1.165) is 18.4 Å². The van der Waals surface area contributed by atoms with Gasteiger partial charge in [0.05, 0.1) is 0 Å². The van der Waals surface area contributed by atoms with Crippen LogP contribution in [0.5, 0.6) is 0 Å². The summed E-state index contributed by atoms with van der Waals surface area (Å²) in [7, 11) is 0. The fourth-order valence-corrected chi connectivity index (χ4v) is 2.62. The highest BCUT2D eigenvalue weighted by Gasteiger charge is 2.35. The Morgan fingerprint density at radius 2 is 1.83 bits per heavy atom. The van der Waals surface area contributed by atoms with Gasteiger partial charge in [0.25, 0.3) is 0 Å². The van der Waals surface area contributed by atoms with Crippen LogP contribution in [0.1, 0.15) is 50.6 Å². The van der Waals surface area contributed by atoms with E-state index >= 15 is 0 Å². The highest BCUT2D eigenvalue weighted by molar-refractivity contribution is 6.34. The highest BCUT2D eigenvalue weighted by atomic mass is 35.5. The van der Waals surface area contributed by atoms with Crippen molar-refractivity contribution in [1.82, 2.24) is 9.97 Å². The standard InChI is InChI=1S/C13H18Cl2N2O/c1-3-5-9-11(14)16-13(17-12(9)15)10(18-4-2)8-6-7-8/h8,10H,3-7H2,1-2H3. The van der Waals surface area contributed by atoms with E-state index in [2.05, 4.69) is 16.9 Å². The topological polar surface area (TPSA) is 35.0 Å². The second kappa shape index (κ2) is 6.18. The molecule has 1 aromatic heterocycles. The van der Waals surface area contributed by atoms with Crippen LogP contribution >= 0.6 is 23.2 Å². The molecule has 0 aliphatic heterocycles. The molecule has 1 heterocycles. The second-order valence-corrected chi connectivity index (χ2v) is 5.32. The van der Waals surface area contributed by atoms with Gasteiger partial charge in [0.2, 0.25) is 0 Å². The van der Waals surface area contributed by atoms with E-state index < -0.39 is 0 Å². The molecule has 1 aromatic rings. The van der Waals surface area contributed by atoms with Crippen molar-refractivity contribution in [2.24, 2.45) is 5.92 Å². The number of aromatic nitrogens is 2. The summed E-state index contributed by atoms with van der Waals surface area (Å²) in [6.45, 7) is 4.70. The number of rotatable bonds is 6. The number of ether oxygens (including phenoxy) is 1. The molecule has 0 radical (unpaired) electrons. The molecule has 100 valence electrons. The fourth-order valence-electron chi connectivity index (χ4n) is 2.03. The second-order valence-electron chi connectivity index (χ2n) is 4.61. The molecule has 0 N–H and O–H groups in total. The van der Waals surface area contributed by atoms with Gasteiger partial charge < -0.3 is 4.74 Å². The maximum atomic E-state index is 6.19. The lowest BCUT2D eigenvalue weighted by Crippen LogP contribution is -2.12. The molecule has 0 spiro atoms. The smallest absolute Gasteiger partial charge is 0.160 e. The van der Waals surface area contributed by atoms with Gasteiger partial charge in [-0.15, -0.1) is 0 Å². The van der Waals surface area contributed by atoms with E-state index in [-0.39, 0.29) is 6.10 Å². The first-order chi connectivity index (χ1) is 8.67. The molecule has 0 bridgehead atoms. The van der Waals surface area contributed by atoms with Gasteiger partial charge in [-0.05, 0) is 32.1 Å². The Morgan fingerprint density at radius 3 is 2.28 bits per heavy atom. The van der Waals surface area contributed by atoms with Crippen LogP contribution < -0.4 is 0 Å². The van der Waals surface area contributed by atoms with Crippen molar-refractivity contribution < 1.29 is 4.74 Å². The molecule has 1 aliphatic carbocycles. The number of hydrogen-bond acceptors (Lipinski definition) is 3. The minimum Gasteiger partial charge on any atom is -0.370 e. The van der Waals surface area contributed by atoms with Crippen molar-refractivity contribution in [2.45, 2.75) is 45.6 Å². The van der Waals surface area contributed by atoms with E-state index in [0.29, 0.717) is 28.7 Å². The SMILES string of the molecule is CCCc1c(Cl)nc(C(OCC)C2CC2)nc1Cl. The maximum absolute atomic E-state index is 6.19. The molecule has 1 saturated carbocycles. The third-order valence-corrected chi connectivity index (χ3v) is 3.70. The molecule has 1 fully saturated rings. The van der Waals surface area contributed by atoms with Crippen molar-refractivity contribution in [1.29, 1.82) is 0 Å². The van der Waals surface area contributed by atoms with Crippen molar-refractivity contribution in [3.8, 4) is 0 Å². The van der Waals surface area contributed by atoms with E-state index in [4.69, 9.17) is 27.9 Å². The molecule has 18 heavy (non-hydrogen) atoms. The normalized spacial score (nSPS) is 16.9. The zero-order valence-corrected chi connectivity index (χ0v) is 12.3. The van der Waals surface area contributed by atoms with Crippen LogP contribution in [-0.2, 0) is 11.2 Å². The number of hydrogen-bond donors (Lipinski definition) is 0. The van der Waals surface area contributed by atoms with Gasteiger partial charge in [-0.1, -0.05) is 36.5 Å². The maximum Gasteiger partial charge on any atom is 0.160 e. The fraction of sp³-hybridized carbons (Fsp3) is 0.692. The van der Waals surface area contributed by atoms with Crippen LogP contribution in [0.3, 0.4) is 0 Å². The van der Waals surface area contributed by atoms with Crippen LogP contribution in [0, 0.1) is 5.92 Å². The lowest BCUT2D eigenvalue weighted by molar-refractivity contribution is 0.0400. The van der Waals surface area contributed by atoms with Crippen LogP contribution in [0.4, 0.5) is 0 Å². The van der Waals surface area contributed by atoms with E-state index in [1.807, 2.05) is 6.92 Å². The van der Waals surface area contributed by atoms with E-state index in [1.54, 1.807) is 0 Å². The summed E-state index contributed by atoms with van der Waals surface area (Å²) in [5, 5.41) is 0.939. The van der Waals surface area contributed by atoms with E-state index in [1.165, 1.54) is 12.8 Å². The predicted octanol–water partition coefficient (Wildman–Crippen LogP) is 4.22. The summed E-state index contributed by atoms with van der Waals surface area (Å²) < 4.78 is 5.72. The number of halogens is 2. The van der Waals surface area contributed by atoms with Gasteiger partial charge in [-0.2, -0.15) is 0 Å². The summed E-state index contributed by atoms with van der Waals surface area (Å²) in [5.41, 5.74) is 0.843.